The van der Waals surface area contributed by atoms with Crippen LogP contribution in [0.3, 0.4) is 0 Å². The van der Waals surface area contributed by atoms with Gasteiger partial charge >= 0.3 is 5.97 Å². The van der Waals surface area contributed by atoms with E-state index in [1.165, 1.54) is 0 Å². The van der Waals surface area contributed by atoms with Crippen molar-refractivity contribution in [2.45, 2.75) is 18.6 Å². The summed E-state index contributed by atoms with van der Waals surface area (Å²) in [6.45, 7) is 1.80. The van der Waals surface area contributed by atoms with Crippen molar-refractivity contribution in [2.24, 2.45) is 5.73 Å². The van der Waals surface area contributed by atoms with Crippen molar-refractivity contribution in [3.05, 3.63) is 23.8 Å². The van der Waals surface area contributed by atoms with Crippen LogP contribution in [0.15, 0.2) is 18.2 Å². The largest absolute Gasteiger partial charge is 0.493 e. The van der Waals surface area contributed by atoms with Gasteiger partial charge in [-0.15, -0.1) is 0 Å². The van der Waals surface area contributed by atoms with E-state index in [2.05, 4.69) is 4.90 Å². The third-order valence-corrected chi connectivity index (χ3v) is 3.33. The highest BCUT2D eigenvalue weighted by Gasteiger charge is 2.26. The first kappa shape index (κ1) is 14.6. The van der Waals surface area contributed by atoms with Crippen LogP contribution in [0, 0.1) is 0 Å². The normalized spacial score (nSPS) is 17.4. The fourth-order valence-electron chi connectivity index (χ4n) is 2.17. The quantitative estimate of drug-likeness (QED) is 0.782. The van der Waals surface area contributed by atoms with Gasteiger partial charge in [0.25, 0.3) is 0 Å². The maximum atomic E-state index is 10.8. The van der Waals surface area contributed by atoms with Crippen molar-refractivity contribution in [2.75, 3.05) is 27.2 Å². The number of carboxylic acid groups (broad SMARTS) is 1. The third kappa shape index (κ3) is 3.40. The highest BCUT2D eigenvalue weighted by molar-refractivity contribution is 5.73. The summed E-state index contributed by atoms with van der Waals surface area (Å²) < 4.78 is 11.1. The topological polar surface area (TPSA) is 85.0 Å². The monoisotopic (exact) mass is 280 g/mol. The number of methoxy groups -OCH3 is 1. The summed E-state index contributed by atoms with van der Waals surface area (Å²) in [5, 5.41) is 8.82. The lowest BCUT2D eigenvalue weighted by molar-refractivity contribution is -0.138. The van der Waals surface area contributed by atoms with E-state index >= 15 is 0 Å². The molecule has 0 aliphatic carbocycles. The van der Waals surface area contributed by atoms with Crippen LogP contribution in [0.4, 0.5) is 0 Å². The zero-order valence-corrected chi connectivity index (χ0v) is 11.7. The maximum Gasteiger partial charge on any atom is 0.320 e. The molecule has 1 aromatic carbocycles. The van der Waals surface area contributed by atoms with E-state index in [1.54, 1.807) is 19.2 Å². The number of nitrogens with zero attached hydrogens (tertiary/aromatic N) is 1. The Hall–Kier alpha value is -1.79. The van der Waals surface area contributed by atoms with E-state index in [-0.39, 0.29) is 12.5 Å². The maximum absolute atomic E-state index is 10.8. The Balaban J connectivity index is 2.05. The Bertz CT molecular complexity index is 486. The number of ether oxygens (including phenoxy) is 2. The summed E-state index contributed by atoms with van der Waals surface area (Å²) in [7, 11) is 3.60. The molecule has 0 bridgehead atoms. The first-order valence-corrected chi connectivity index (χ1v) is 6.50. The number of rotatable bonds is 6. The van der Waals surface area contributed by atoms with Crippen molar-refractivity contribution in [1.29, 1.82) is 0 Å². The van der Waals surface area contributed by atoms with E-state index in [1.807, 2.05) is 13.1 Å². The molecule has 2 rings (SSSR count). The molecule has 0 aromatic heterocycles. The van der Waals surface area contributed by atoms with Crippen molar-refractivity contribution >= 4 is 5.97 Å². The second kappa shape index (κ2) is 6.11. The van der Waals surface area contributed by atoms with E-state index in [0.29, 0.717) is 11.5 Å². The highest BCUT2D eigenvalue weighted by atomic mass is 16.5. The van der Waals surface area contributed by atoms with E-state index in [4.69, 9.17) is 20.3 Å². The molecular formula is C14H20N2O4. The number of likely N-dealkylation sites (tertiary alicyclic amines) is 1. The van der Waals surface area contributed by atoms with Gasteiger partial charge in [0.1, 0.15) is 12.1 Å². The highest BCUT2D eigenvalue weighted by Crippen LogP contribution is 2.30. The van der Waals surface area contributed by atoms with Crippen LogP contribution in [0.25, 0.3) is 0 Å². The summed E-state index contributed by atoms with van der Waals surface area (Å²) in [5.41, 5.74) is 6.34. The zero-order chi connectivity index (χ0) is 14.7. The lowest BCUT2D eigenvalue weighted by atomic mass is 10.1. The molecule has 1 atom stereocenters. The van der Waals surface area contributed by atoms with E-state index in [0.717, 1.165) is 18.7 Å². The van der Waals surface area contributed by atoms with Crippen LogP contribution in [0.2, 0.25) is 0 Å². The first-order valence-electron chi connectivity index (χ1n) is 6.50. The molecule has 0 amide bonds. The summed E-state index contributed by atoms with van der Waals surface area (Å²) in [4.78, 5) is 12.9. The lowest BCUT2D eigenvalue weighted by Crippen LogP contribution is -2.51. The molecule has 1 fully saturated rings. The number of aliphatic carboxylic acids is 1. The number of carboxylic acids is 1. The lowest BCUT2D eigenvalue weighted by Gasteiger charge is -2.36. The molecule has 0 spiro atoms. The van der Waals surface area contributed by atoms with Gasteiger partial charge in [-0.25, -0.2) is 0 Å². The second-order valence-corrected chi connectivity index (χ2v) is 5.10. The molecule has 6 heteroatoms. The van der Waals surface area contributed by atoms with Crippen LogP contribution in [0.5, 0.6) is 11.5 Å². The summed E-state index contributed by atoms with van der Waals surface area (Å²) in [6, 6.07) is 4.50. The van der Waals surface area contributed by atoms with Crippen molar-refractivity contribution in [3.63, 3.8) is 0 Å². The minimum atomic E-state index is -1.01. The van der Waals surface area contributed by atoms with Crippen LogP contribution in [-0.2, 0) is 11.2 Å². The number of nitrogens with two attached hydrogens (primary N) is 1. The molecular weight excluding hydrogens is 260 g/mol. The molecule has 1 unspecified atom stereocenters. The Morgan fingerprint density at radius 2 is 2.20 bits per heavy atom. The minimum absolute atomic E-state index is 0.182. The molecule has 1 aliphatic heterocycles. The second-order valence-electron chi connectivity index (χ2n) is 5.10. The van der Waals surface area contributed by atoms with Crippen molar-refractivity contribution in [1.82, 2.24) is 4.90 Å². The van der Waals surface area contributed by atoms with Crippen LogP contribution in [-0.4, -0.2) is 55.4 Å². The molecule has 1 aliphatic rings. The Kier molecular flexibility index (Phi) is 4.46. The fraction of sp³-hybridized carbons (Fsp3) is 0.500. The van der Waals surface area contributed by atoms with E-state index < -0.39 is 12.0 Å². The predicted molar refractivity (Wildman–Crippen MR) is 74.2 cm³/mol. The predicted octanol–water partition coefficient (Wildman–Crippen LogP) is 0.342. The Morgan fingerprint density at radius 1 is 1.50 bits per heavy atom. The molecule has 0 radical (unpaired) electrons. The van der Waals surface area contributed by atoms with Gasteiger partial charge in [-0.1, -0.05) is 6.07 Å². The smallest absolute Gasteiger partial charge is 0.320 e. The van der Waals surface area contributed by atoms with Gasteiger partial charge in [0.05, 0.1) is 7.11 Å². The van der Waals surface area contributed by atoms with Crippen molar-refractivity contribution in [3.8, 4) is 11.5 Å². The Morgan fingerprint density at radius 3 is 2.75 bits per heavy atom. The van der Waals surface area contributed by atoms with Gasteiger partial charge < -0.3 is 20.3 Å². The molecule has 1 heterocycles. The average molecular weight is 280 g/mol. The van der Waals surface area contributed by atoms with Crippen LogP contribution in [0.1, 0.15) is 5.56 Å². The minimum Gasteiger partial charge on any atom is -0.493 e. The van der Waals surface area contributed by atoms with Crippen LogP contribution < -0.4 is 15.2 Å². The van der Waals surface area contributed by atoms with Gasteiger partial charge in [0, 0.05) is 13.1 Å². The van der Waals surface area contributed by atoms with Crippen LogP contribution >= 0.6 is 0 Å². The summed E-state index contributed by atoms with van der Waals surface area (Å²) in [6.07, 6.45) is 0.444. The number of hydrogen-bond donors (Lipinski definition) is 2. The standard InChI is InChI=1S/C14H20N2O4/c1-16-7-10(8-16)20-12-4-3-9(6-13(12)19-2)5-11(15)14(17)18/h3-4,6,10-11H,5,7-8,15H2,1-2H3,(H,17,18). The van der Waals surface area contributed by atoms with Gasteiger partial charge in [-0.2, -0.15) is 0 Å². The van der Waals surface area contributed by atoms with Gasteiger partial charge in [0.15, 0.2) is 11.5 Å². The number of carbonyl (C=O) groups is 1. The van der Waals surface area contributed by atoms with Gasteiger partial charge in [0.2, 0.25) is 0 Å². The molecule has 0 saturated carbocycles. The molecule has 3 N–H and O–H groups in total. The third-order valence-electron chi connectivity index (χ3n) is 3.33. The molecule has 6 nitrogen and oxygen atoms in total. The van der Waals surface area contributed by atoms with Gasteiger partial charge in [-0.3, -0.25) is 9.69 Å². The number of benzene rings is 1. The summed E-state index contributed by atoms with van der Waals surface area (Å²) >= 11 is 0. The number of hydrogen-bond acceptors (Lipinski definition) is 5. The fourth-order valence-corrected chi connectivity index (χ4v) is 2.17. The first-order chi connectivity index (χ1) is 9.49. The van der Waals surface area contributed by atoms with Gasteiger partial charge in [-0.05, 0) is 31.2 Å². The zero-order valence-electron chi connectivity index (χ0n) is 11.7. The molecule has 1 saturated heterocycles. The average Bonchev–Trinajstić information content (AvgIpc) is 2.38. The number of likely N-dealkylation sites (N-methyl/N-ethyl adjacent to an activating group) is 1. The molecule has 1 aromatic rings. The SMILES string of the molecule is COc1cc(CC(N)C(=O)O)ccc1OC1CN(C)C1. The molecule has 110 valence electrons. The molecule has 20 heavy (non-hydrogen) atoms. The Labute approximate surface area is 118 Å². The van der Waals surface area contributed by atoms with Crippen molar-refractivity contribution < 1.29 is 19.4 Å². The van der Waals surface area contributed by atoms with E-state index in [9.17, 15) is 4.79 Å². The summed E-state index contributed by atoms with van der Waals surface area (Å²) in [5.74, 6) is 0.273.